The highest BCUT2D eigenvalue weighted by Gasteiger charge is 2.17. The van der Waals surface area contributed by atoms with Crippen LogP contribution in [0.25, 0.3) is 0 Å². The number of rotatable bonds is 5. The largest absolute Gasteiger partial charge is 0.493 e. The summed E-state index contributed by atoms with van der Waals surface area (Å²) < 4.78 is 5.69. The molecule has 0 atom stereocenters. The van der Waals surface area contributed by atoms with Gasteiger partial charge in [-0.15, -0.1) is 10.2 Å². The minimum atomic E-state index is 0.656. The quantitative estimate of drug-likeness (QED) is 0.915. The first-order chi connectivity index (χ1) is 9.76. The number of aromatic nitrogens is 2. The van der Waals surface area contributed by atoms with Crippen LogP contribution in [0.2, 0.25) is 5.02 Å². The normalized spacial score (nSPS) is 13.1. The van der Waals surface area contributed by atoms with Crippen molar-refractivity contribution in [3.8, 4) is 5.75 Å². The molecular weight excluding hydrogens is 294 g/mol. The molecule has 0 aliphatic carbocycles. The fourth-order valence-corrected chi connectivity index (χ4v) is 3.39. The first-order valence-corrected chi connectivity index (χ1v) is 7.96. The second-order valence-electron chi connectivity index (χ2n) is 4.76. The van der Waals surface area contributed by atoms with E-state index in [0.29, 0.717) is 6.54 Å². The van der Waals surface area contributed by atoms with Crippen molar-refractivity contribution in [3.63, 3.8) is 0 Å². The molecule has 0 saturated carbocycles. The van der Waals surface area contributed by atoms with Crippen LogP contribution in [0.4, 0.5) is 5.13 Å². The predicted octanol–water partition coefficient (Wildman–Crippen LogP) is 3.69. The highest BCUT2D eigenvalue weighted by atomic mass is 35.5. The van der Waals surface area contributed by atoms with Crippen molar-refractivity contribution in [2.75, 3.05) is 11.9 Å². The average molecular weight is 310 g/mol. The predicted molar refractivity (Wildman–Crippen MR) is 81.9 cm³/mol. The summed E-state index contributed by atoms with van der Waals surface area (Å²) in [5, 5.41) is 14.3. The summed E-state index contributed by atoms with van der Waals surface area (Å²) in [6.07, 6.45) is 3.00. The van der Waals surface area contributed by atoms with E-state index in [2.05, 4.69) is 22.4 Å². The summed E-state index contributed by atoms with van der Waals surface area (Å²) in [4.78, 5) is 0. The number of hydrogen-bond acceptors (Lipinski definition) is 5. The van der Waals surface area contributed by atoms with Crippen molar-refractivity contribution < 1.29 is 4.74 Å². The Bertz CT molecular complexity index is 614. The Kier molecular flexibility index (Phi) is 4.08. The fourth-order valence-electron chi connectivity index (χ4n) is 2.29. The maximum Gasteiger partial charge on any atom is 0.205 e. The van der Waals surface area contributed by atoms with E-state index in [0.717, 1.165) is 52.3 Å². The van der Waals surface area contributed by atoms with Crippen molar-refractivity contribution in [3.05, 3.63) is 33.3 Å². The summed E-state index contributed by atoms with van der Waals surface area (Å²) in [5.74, 6) is 0.972. The molecular formula is C14H16ClN3OS. The van der Waals surface area contributed by atoms with Crippen molar-refractivity contribution in [1.29, 1.82) is 0 Å². The molecule has 0 unspecified atom stereocenters. The van der Waals surface area contributed by atoms with Crippen molar-refractivity contribution in [1.82, 2.24) is 10.2 Å². The van der Waals surface area contributed by atoms with Gasteiger partial charge in [0.25, 0.3) is 0 Å². The van der Waals surface area contributed by atoms with Gasteiger partial charge in [0.05, 0.1) is 6.61 Å². The molecule has 0 saturated heterocycles. The first kappa shape index (κ1) is 13.6. The zero-order valence-corrected chi connectivity index (χ0v) is 12.9. The van der Waals surface area contributed by atoms with Gasteiger partial charge in [-0.3, -0.25) is 0 Å². The van der Waals surface area contributed by atoms with Crippen LogP contribution in [0.3, 0.4) is 0 Å². The molecule has 0 spiro atoms. The highest BCUT2D eigenvalue weighted by molar-refractivity contribution is 7.15. The second-order valence-corrected chi connectivity index (χ2v) is 6.25. The van der Waals surface area contributed by atoms with Crippen molar-refractivity contribution >= 4 is 28.1 Å². The second kappa shape index (κ2) is 5.97. The van der Waals surface area contributed by atoms with Gasteiger partial charge in [0.15, 0.2) is 0 Å². The van der Waals surface area contributed by atoms with E-state index in [9.17, 15) is 0 Å². The van der Waals surface area contributed by atoms with Crippen LogP contribution in [-0.4, -0.2) is 16.8 Å². The summed E-state index contributed by atoms with van der Waals surface area (Å²) in [6.45, 7) is 3.53. The van der Waals surface area contributed by atoms with Gasteiger partial charge in [-0.1, -0.05) is 29.9 Å². The average Bonchev–Trinajstić information content (AvgIpc) is 3.05. The van der Waals surface area contributed by atoms with Gasteiger partial charge in [-0.2, -0.15) is 0 Å². The van der Waals surface area contributed by atoms with Crippen molar-refractivity contribution in [2.45, 2.75) is 32.7 Å². The maximum atomic E-state index is 6.15. The lowest BCUT2D eigenvalue weighted by molar-refractivity contribution is 0.354. The summed E-state index contributed by atoms with van der Waals surface area (Å²) in [7, 11) is 0. The number of fused-ring (bicyclic) bond motifs is 1. The van der Waals surface area contributed by atoms with Crippen LogP contribution in [0.15, 0.2) is 12.1 Å². The minimum Gasteiger partial charge on any atom is -0.493 e. The Morgan fingerprint density at radius 1 is 1.40 bits per heavy atom. The van der Waals surface area contributed by atoms with E-state index in [1.165, 1.54) is 5.56 Å². The van der Waals surface area contributed by atoms with Crippen LogP contribution in [0.5, 0.6) is 5.75 Å². The van der Waals surface area contributed by atoms with E-state index in [4.69, 9.17) is 16.3 Å². The van der Waals surface area contributed by atoms with Crippen LogP contribution < -0.4 is 10.1 Å². The van der Waals surface area contributed by atoms with Crippen LogP contribution in [0.1, 0.15) is 29.5 Å². The van der Waals surface area contributed by atoms with Crippen LogP contribution in [0, 0.1) is 0 Å². The maximum absolute atomic E-state index is 6.15. The molecule has 1 aliphatic rings. The lowest BCUT2D eigenvalue weighted by Gasteiger charge is -2.09. The minimum absolute atomic E-state index is 0.656. The molecule has 6 heteroatoms. The molecule has 3 rings (SSSR count). The van der Waals surface area contributed by atoms with E-state index >= 15 is 0 Å². The number of aryl methyl sites for hydroxylation is 1. The van der Waals surface area contributed by atoms with Crippen LogP contribution >= 0.6 is 22.9 Å². The number of nitrogens with one attached hydrogen (secondary N) is 1. The molecule has 1 aromatic carbocycles. The fraction of sp³-hybridized carbons (Fsp3) is 0.429. The molecule has 0 fully saturated rings. The zero-order chi connectivity index (χ0) is 13.9. The van der Waals surface area contributed by atoms with Gasteiger partial charge >= 0.3 is 0 Å². The Hall–Kier alpha value is -1.33. The molecule has 4 nitrogen and oxygen atoms in total. The lowest BCUT2D eigenvalue weighted by Crippen LogP contribution is -2.01. The van der Waals surface area contributed by atoms with E-state index in [-0.39, 0.29) is 0 Å². The number of halogens is 1. The number of nitrogens with zero attached hydrogens (tertiary/aromatic N) is 2. The Balaban J connectivity index is 1.72. The zero-order valence-electron chi connectivity index (χ0n) is 11.3. The Labute approximate surface area is 127 Å². The van der Waals surface area contributed by atoms with Gasteiger partial charge < -0.3 is 10.1 Å². The number of hydrogen-bond donors (Lipinski definition) is 1. The highest BCUT2D eigenvalue weighted by Crippen LogP contribution is 2.33. The molecule has 2 aromatic rings. The molecule has 20 heavy (non-hydrogen) atoms. The van der Waals surface area contributed by atoms with E-state index in [1.807, 2.05) is 12.1 Å². The summed E-state index contributed by atoms with van der Waals surface area (Å²) in [6, 6.07) is 3.93. The number of benzene rings is 1. The molecule has 0 bridgehead atoms. The smallest absolute Gasteiger partial charge is 0.205 e. The lowest BCUT2D eigenvalue weighted by atomic mass is 10.1. The van der Waals surface area contributed by atoms with E-state index < -0.39 is 0 Å². The number of anilines is 1. The molecule has 2 heterocycles. The van der Waals surface area contributed by atoms with Gasteiger partial charge in [0, 0.05) is 30.0 Å². The van der Waals surface area contributed by atoms with E-state index in [1.54, 1.807) is 11.3 Å². The van der Waals surface area contributed by atoms with Crippen molar-refractivity contribution in [2.24, 2.45) is 0 Å². The molecule has 1 N–H and O–H groups in total. The Morgan fingerprint density at radius 2 is 2.30 bits per heavy atom. The third-order valence-electron chi connectivity index (χ3n) is 3.19. The topological polar surface area (TPSA) is 47.0 Å². The molecule has 106 valence electrons. The third kappa shape index (κ3) is 2.88. The Morgan fingerprint density at radius 3 is 3.15 bits per heavy atom. The molecule has 0 amide bonds. The summed E-state index contributed by atoms with van der Waals surface area (Å²) in [5.41, 5.74) is 2.27. The van der Waals surface area contributed by atoms with Crippen LogP contribution in [-0.2, 0) is 19.4 Å². The monoisotopic (exact) mass is 309 g/mol. The molecule has 1 aromatic heterocycles. The molecule has 0 radical (unpaired) electrons. The van der Waals surface area contributed by atoms with Gasteiger partial charge in [0.2, 0.25) is 5.13 Å². The number of ether oxygens (including phenoxy) is 1. The van der Waals surface area contributed by atoms with Gasteiger partial charge in [-0.25, -0.2) is 0 Å². The van der Waals surface area contributed by atoms with Gasteiger partial charge in [0.1, 0.15) is 10.8 Å². The van der Waals surface area contributed by atoms with Gasteiger partial charge in [-0.05, 0) is 24.1 Å². The SMILES string of the molecule is CCCc1nnc(NCc2cc(Cl)cc3c2OCC3)s1. The standard InChI is InChI=1S/C14H16ClN3OS/c1-2-3-12-17-18-14(20-12)16-8-10-7-11(15)6-9-4-5-19-13(9)10/h6-7H,2-5,8H2,1H3,(H,16,18). The third-order valence-corrected chi connectivity index (χ3v) is 4.35. The summed E-state index contributed by atoms with van der Waals surface area (Å²) >= 11 is 7.75. The first-order valence-electron chi connectivity index (χ1n) is 6.76. The molecule has 1 aliphatic heterocycles.